The van der Waals surface area contributed by atoms with E-state index in [4.69, 9.17) is 16.9 Å². The van der Waals surface area contributed by atoms with Crippen LogP contribution >= 0.6 is 0 Å². The lowest BCUT2D eigenvalue weighted by atomic mass is 10.1. The number of imidazole rings is 1. The molecule has 1 saturated heterocycles. The molecule has 2 aromatic heterocycles. The van der Waals surface area contributed by atoms with E-state index < -0.39 is 30.4 Å². The summed E-state index contributed by atoms with van der Waals surface area (Å²) in [5.74, 6) is 1.80. The number of ether oxygens (including phenoxy) is 1. The van der Waals surface area contributed by atoms with Crippen molar-refractivity contribution in [1.82, 2.24) is 24.8 Å². The highest BCUT2D eigenvalue weighted by atomic mass is 16.6. The van der Waals surface area contributed by atoms with Gasteiger partial charge in [-0.3, -0.25) is 9.36 Å². The first-order valence-electron chi connectivity index (χ1n) is 6.70. The van der Waals surface area contributed by atoms with Crippen LogP contribution < -0.4 is 11.1 Å². The van der Waals surface area contributed by atoms with Gasteiger partial charge in [0.2, 0.25) is 0 Å². The predicted octanol–water partition coefficient (Wildman–Crippen LogP) is -2.22. The van der Waals surface area contributed by atoms with Crippen LogP contribution in [0.2, 0.25) is 0 Å². The molecule has 5 N–H and O–H groups in total. The van der Waals surface area contributed by atoms with E-state index in [1.54, 1.807) is 0 Å². The van der Waals surface area contributed by atoms with Gasteiger partial charge in [0.25, 0.3) is 5.91 Å². The Labute approximate surface area is 130 Å². The fourth-order valence-electron chi connectivity index (χ4n) is 2.40. The molecule has 23 heavy (non-hydrogen) atoms. The highest BCUT2D eigenvalue weighted by molar-refractivity contribution is 5.83. The second kappa shape index (κ2) is 5.81. The van der Waals surface area contributed by atoms with E-state index in [0.29, 0.717) is 11.2 Å². The molecule has 0 unspecified atom stereocenters. The van der Waals surface area contributed by atoms with Crippen molar-refractivity contribution >= 4 is 22.9 Å². The van der Waals surface area contributed by atoms with Gasteiger partial charge >= 0.3 is 0 Å². The number of aliphatic hydroxyl groups excluding tert-OH is 2. The number of nitrogens with zero attached hydrogens (tertiary/aromatic N) is 4. The molecular weight excluding hydrogens is 304 g/mol. The van der Waals surface area contributed by atoms with Crippen molar-refractivity contribution in [3.05, 3.63) is 12.7 Å². The first-order chi connectivity index (χ1) is 11.0. The number of nitrogens with one attached hydrogen (secondary N) is 1. The quantitative estimate of drug-likeness (QED) is 0.465. The first kappa shape index (κ1) is 15.2. The molecule has 10 nitrogen and oxygen atoms in total. The van der Waals surface area contributed by atoms with E-state index in [-0.39, 0.29) is 12.4 Å². The lowest BCUT2D eigenvalue weighted by molar-refractivity contribution is -0.137. The molecule has 0 radical (unpaired) electrons. The van der Waals surface area contributed by atoms with E-state index in [1.807, 2.05) is 0 Å². The number of nitrogens with two attached hydrogens (primary N) is 1. The SMILES string of the molecule is C#CCNC(=O)[C@H]1O[C@@H](n2cnc3c(N)ncnc32)[C@H](O)[C@@H]1O. The zero-order valence-corrected chi connectivity index (χ0v) is 11.8. The van der Waals surface area contributed by atoms with Gasteiger partial charge in [-0.1, -0.05) is 5.92 Å². The Morgan fingerprint density at radius 2 is 2.22 bits per heavy atom. The molecule has 1 fully saturated rings. The Balaban J connectivity index is 1.90. The summed E-state index contributed by atoms with van der Waals surface area (Å²) in [4.78, 5) is 23.8. The maximum atomic E-state index is 11.9. The van der Waals surface area contributed by atoms with Crippen molar-refractivity contribution in [3.8, 4) is 12.3 Å². The van der Waals surface area contributed by atoms with Gasteiger partial charge in [-0.25, -0.2) is 15.0 Å². The molecule has 2 aromatic rings. The average molecular weight is 318 g/mol. The largest absolute Gasteiger partial charge is 0.387 e. The van der Waals surface area contributed by atoms with Gasteiger partial charge in [-0.2, -0.15) is 0 Å². The maximum Gasteiger partial charge on any atom is 0.252 e. The topological polar surface area (TPSA) is 148 Å². The van der Waals surface area contributed by atoms with E-state index in [0.717, 1.165) is 0 Å². The summed E-state index contributed by atoms with van der Waals surface area (Å²) < 4.78 is 6.86. The van der Waals surface area contributed by atoms with E-state index in [9.17, 15) is 15.0 Å². The van der Waals surface area contributed by atoms with Gasteiger partial charge in [-0.05, 0) is 0 Å². The summed E-state index contributed by atoms with van der Waals surface area (Å²) in [5.41, 5.74) is 6.35. The molecule has 1 aliphatic rings. The lowest BCUT2D eigenvalue weighted by Gasteiger charge is -2.16. The average Bonchev–Trinajstić information content (AvgIpc) is 3.09. The number of rotatable bonds is 3. The van der Waals surface area contributed by atoms with Crippen LogP contribution in [0.1, 0.15) is 6.23 Å². The lowest BCUT2D eigenvalue weighted by Crippen LogP contribution is -2.42. The number of nitrogen functional groups attached to an aromatic ring is 1. The van der Waals surface area contributed by atoms with E-state index in [1.165, 1.54) is 17.2 Å². The van der Waals surface area contributed by atoms with Crippen molar-refractivity contribution in [2.24, 2.45) is 0 Å². The molecule has 1 aliphatic heterocycles. The number of aromatic nitrogens is 4. The van der Waals surface area contributed by atoms with Gasteiger partial charge in [0.05, 0.1) is 12.9 Å². The molecule has 0 saturated carbocycles. The maximum absolute atomic E-state index is 11.9. The van der Waals surface area contributed by atoms with Crippen LogP contribution in [0, 0.1) is 12.3 Å². The monoisotopic (exact) mass is 318 g/mol. The number of fused-ring (bicyclic) bond motifs is 1. The number of hydrogen-bond donors (Lipinski definition) is 4. The Kier molecular flexibility index (Phi) is 3.83. The van der Waals surface area contributed by atoms with Crippen molar-refractivity contribution in [2.45, 2.75) is 24.5 Å². The Bertz CT molecular complexity index is 784. The summed E-state index contributed by atoms with van der Waals surface area (Å²) >= 11 is 0. The molecule has 4 atom stereocenters. The number of aliphatic hydroxyl groups is 2. The molecule has 120 valence electrons. The second-order valence-electron chi connectivity index (χ2n) is 4.93. The number of amides is 1. The summed E-state index contributed by atoms with van der Waals surface area (Å²) in [6.07, 6.45) is 2.56. The number of carbonyl (C=O) groups excluding carboxylic acids is 1. The smallest absolute Gasteiger partial charge is 0.252 e. The van der Waals surface area contributed by atoms with E-state index in [2.05, 4.69) is 26.2 Å². The third kappa shape index (κ3) is 2.46. The van der Waals surface area contributed by atoms with Gasteiger partial charge in [0, 0.05) is 0 Å². The molecule has 0 bridgehead atoms. The molecule has 0 aromatic carbocycles. The predicted molar refractivity (Wildman–Crippen MR) is 77.5 cm³/mol. The molecule has 0 spiro atoms. The fraction of sp³-hybridized carbons (Fsp3) is 0.385. The minimum absolute atomic E-state index is 0.00998. The van der Waals surface area contributed by atoms with Crippen molar-refractivity contribution < 1.29 is 19.7 Å². The Morgan fingerprint density at radius 1 is 1.43 bits per heavy atom. The van der Waals surface area contributed by atoms with Crippen LogP contribution in [-0.2, 0) is 9.53 Å². The molecule has 10 heteroatoms. The van der Waals surface area contributed by atoms with Crippen molar-refractivity contribution in [1.29, 1.82) is 0 Å². The first-order valence-corrected chi connectivity index (χ1v) is 6.70. The molecule has 3 heterocycles. The van der Waals surface area contributed by atoms with Crippen LogP contribution in [0.15, 0.2) is 12.7 Å². The highest BCUT2D eigenvalue weighted by Gasteiger charge is 2.47. The molecular formula is C13H14N6O4. The number of anilines is 1. The number of terminal acetylenes is 1. The molecule has 3 rings (SSSR count). The number of carbonyl (C=O) groups is 1. The minimum atomic E-state index is -1.42. The third-order valence-electron chi connectivity index (χ3n) is 3.52. The van der Waals surface area contributed by atoms with Gasteiger partial charge in [0.1, 0.15) is 24.1 Å². The van der Waals surface area contributed by atoms with Crippen molar-refractivity contribution in [3.63, 3.8) is 0 Å². The standard InChI is InChI=1S/C13H14N6O4/c1-2-3-15-12(22)9-7(20)8(21)13(23-9)19-5-18-6-10(14)16-4-17-11(6)19/h1,4-5,7-9,13,20-21H,3H2,(H,15,22)(H2,14,16,17)/t7-,8+,9-,13+/m0/s1. The van der Waals surface area contributed by atoms with Crippen LogP contribution in [-0.4, -0.2) is 60.5 Å². The summed E-state index contributed by atoms with van der Waals surface area (Å²) in [6, 6.07) is 0. The molecule has 0 aliphatic carbocycles. The fourth-order valence-corrected chi connectivity index (χ4v) is 2.40. The third-order valence-corrected chi connectivity index (χ3v) is 3.52. The van der Waals surface area contributed by atoms with Gasteiger partial charge in [0.15, 0.2) is 23.8 Å². The normalized spacial score (nSPS) is 27.0. The van der Waals surface area contributed by atoms with Crippen LogP contribution in [0.3, 0.4) is 0 Å². The summed E-state index contributed by atoms with van der Waals surface area (Å²) in [5, 5.41) is 22.6. The second-order valence-corrected chi connectivity index (χ2v) is 4.93. The van der Waals surface area contributed by atoms with Gasteiger partial charge < -0.3 is 26.0 Å². The van der Waals surface area contributed by atoms with Crippen LogP contribution in [0.5, 0.6) is 0 Å². The number of hydrogen-bond acceptors (Lipinski definition) is 8. The minimum Gasteiger partial charge on any atom is -0.387 e. The van der Waals surface area contributed by atoms with Crippen LogP contribution in [0.4, 0.5) is 5.82 Å². The van der Waals surface area contributed by atoms with Crippen molar-refractivity contribution in [2.75, 3.05) is 12.3 Å². The highest BCUT2D eigenvalue weighted by Crippen LogP contribution is 2.31. The Hall–Kier alpha value is -2.74. The van der Waals surface area contributed by atoms with Crippen LogP contribution in [0.25, 0.3) is 11.2 Å². The molecule has 1 amide bonds. The van der Waals surface area contributed by atoms with Gasteiger partial charge in [-0.15, -0.1) is 6.42 Å². The Morgan fingerprint density at radius 3 is 2.96 bits per heavy atom. The summed E-state index contributed by atoms with van der Waals surface area (Å²) in [7, 11) is 0. The van der Waals surface area contributed by atoms with E-state index >= 15 is 0 Å². The zero-order chi connectivity index (χ0) is 16.6. The zero-order valence-electron chi connectivity index (χ0n) is 11.8. The summed E-state index contributed by atoms with van der Waals surface area (Å²) in [6.45, 7) is -0.00998.